The molecule has 9 nitrogen and oxygen atoms in total. The maximum Gasteiger partial charge on any atom is 0.412 e. The molecule has 0 saturated heterocycles. The number of nitrogens with two attached hydrogens (primary N) is 1. The zero-order valence-electron chi connectivity index (χ0n) is 24.3. The number of Topliss-reactive ketones (excluding diaryl/α,β-unsaturated/α-hetero) is 1. The summed E-state index contributed by atoms with van der Waals surface area (Å²) in [4.78, 5) is 50.0. The molecule has 4 N–H and O–H groups in total. The zero-order chi connectivity index (χ0) is 31.1. The number of esters is 1. The number of allylic oxidation sites excluding steroid dienone is 6. The number of rotatable bonds is 11. The van der Waals surface area contributed by atoms with Crippen molar-refractivity contribution < 1.29 is 37.4 Å². The fourth-order valence-corrected chi connectivity index (χ4v) is 4.19. The van der Waals surface area contributed by atoms with Crippen LogP contribution < -0.4 is 16.4 Å². The SMILES string of the molecule is CC/C=C(C)/C(=C\C=C(/C)C(=O)/C(NC(=O)OC(C)c1ccccc1C)=C(/C)N)NC(=O)C1C(C(=O)OC)C1(F)F. The Kier molecular flexibility index (Phi) is 11.1. The number of benzene rings is 1. The van der Waals surface area contributed by atoms with Crippen LogP contribution in [0.5, 0.6) is 0 Å². The molecule has 0 aromatic heterocycles. The van der Waals surface area contributed by atoms with Crippen LogP contribution in [0.25, 0.3) is 0 Å². The lowest BCUT2D eigenvalue weighted by Gasteiger charge is -2.17. The summed E-state index contributed by atoms with van der Waals surface area (Å²) in [5, 5.41) is 4.84. The molecule has 1 saturated carbocycles. The minimum Gasteiger partial charge on any atom is -0.469 e. The number of aryl methyl sites for hydroxylation is 1. The Balaban J connectivity index is 2.23. The van der Waals surface area contributed by atoms with Crippen LogP contribution in [-0.2, 0) is 23.9 Å². The molecular weight excluding hydrogens is 536 g/mol. The van der Waals surface area contributed by atoms with Crippen LogP contribution in [0, 0.1) is 18.8 Å². The van der Waals surface area contributed by atoms with Gasteiger partial charge in [-0.2, -0.15) is 0 Å². The highest BCUT2D eigenvalue weighted by molar-refractivity contribution is 6.09. The third kappa shape index (κ3) is 8.12. The number of ether oxygens (including phenoxy) is 2. The smallest absolute Gasteiger partial charge is 0.412 e. The van der Waals surface area contributed by atoms with E-state index < -0.39 is 47.6 Å². The van der Waals surface area contributed by atoms with Crippen molar-refractivity contribution in [1.29, 1.82) is 0 Å². The van der Waals surface area contributed by atoms with Crippen molar-refractivity contribution in [1.82, 2.24) is 10.6 Å². The molecule has 0 aliphatic heterocycles. The van der Waals surface area contributed by atoms with E-state index in [0.29, 0.717) is 12.0 Å². The molecular formula is C30H37F2N3O6. The van der Waals surface area contributed by atoms with Crippen molar-refractivity contribution in [3.8, 4) is 0 Å². The summed E-state index contributed by atoms with van der Waals surface area (Å²) < 4.78 is 38.0. The number of carbonyl (C=O) groups excluding carboxylic acids is 4. The van der Waals surface area contributed by atoms with Gasteiger partial charge in [0.2, 0.25) is 11.7 Å². The Bertz CT molecular complexity index is 1320. The average Bonchev–Trinajstić information content (AvgIpc) is 3.50. The first-order valence-electron chi connectivity index (χ1n) is 13.0. The topological polar surface area (TPSA) is 137 Å². The van der Waals surface area contributed by atoms with Gasteiger partial charge in [0.1, 0.15) is 23.6 Å². The van der Waals surface area contributed by atoms with Crippen LogP contribution in [-0.4, -0.2) is 36.8 Å². The molecule has 0 radical (unpaired) electrons. The first kappa shape index (κ1) is 32.9. The van der Waals surface area contributed by atoms with Crippen LogP contribution in [0.2, 0.25) is 0 Å². The second-order valence-corrected chi connectivity index (χ2v) is 9.78. The largest absolute Gasteiger partial charge is 0.469 e. The predicted molar refractivity (Wildman–Crippen MR) is 149 cm³/mol. The van der Waals surface area contributed by atoms with Crippen LogP contribution >= 0.6 is 0 Å². The predicted octanol–water partition coefficient (Wildman–Crippen LogP) is 4.90. The van der Waals surface area contributed by atoms with E-state index in [-0.39, 0.29) is 22.7 Å². The van der Waals surface area contributed by atoms with Crippen molar-refractivity contribution in [2.75, 3.05) is 7.11 Å². The molecule has 222 valence electrons. The van der Waals surface area contributed by atoms with E-state index in [2.05, 4.69) is 15.4 Å². The van der Waals surface area contributed by atoms with Gasteiger partial charge in [-0.3, -0.25) is 19.7 Å². The molecule has 2 amide bonds. The number of alkyl carbamates (subject to hydrolysis) is 1. The van der Waals surface area contributed by atoms with E-state index >= 15 is 0 Å². The summed E-state index contributed by atoms with van der Waals surface area (Å²) in [7, 11) is 0.973. The third-order valence-corrected chi connectivity index (χ3v) is 6.60. The Morgan fingerprint density at radius 1 is 1.05 bits per heavy atom. The number of ketones is 1. The second-order valence-electron chi connectivity index (χ2n) is 9.78. The fourth-order valence-electron chi connectivity index (χ4n) is 4.19. The van der Waals surface area contributed by atoms with E-state index in [1.807, 2.05) is 38.1 Å². The normalized spacial score (nSPS) is 19.9. The van der Waals surface area contributed by atoms with Gasteiger partial charge in [-0.25, -0.2) is 13.6 Å². The van der Waals surface area contributed by atoms with Gasteiger partial charge in [0.05, 0.1) is 7.11 Å². The third-order valence-electron chi connectivity index (χ3n) is 6.60. The minimum atomic E-state index is -3.53. The lowest BCUT2D eigenvalue weighted by atomic mass is 10.0. The van der Waals surface area contributed by atoms with Gasteiger partial charge < -0.3 is 20.5 Å². The zero-order valence-corrected chi connectivity index (χ0v) is 24.3. The molecule has 11 heteroatoms. The molecule has 3 atom stereocenters. The van der Waals surface area contributed by atoms with E-state index in [1.165, 1.54) is 26.0 Å². The molecule has 2 rings (SSSR count). The van der Waals surface area contributed by atoms with Crippen molar-refractivity contribution in [3.63, 3.8) is 0 Å². The summed E-state index contributed by atoms with van der Waals surface area (Å²) in [5.41, 5.74) is 8.29. The quantitative estimate of drug-likeness (QED) is 0.195. The Morgan fingerprint density at radius 3 is 2.24 bits per heavy atom. The lowest BCUT2D eigenvalue weighted by molar-refractivity contribution is -0.145. The molecule has 1 aromatic rings. The van der Waals surface area contributed by atoms with E-state index in [0.717, 1.165) is 18.2 Å². The molecule has 41 heavy (non-hydrogen) atoms. The minimum absolute atomic E-state index is 0.0348. The molecule has 3 unspecified atom stereocenters. The summed E-state index contributed by atoms with van der Waals surface area (Å²) in [6.45, 7) is 9.99. The molecule has 0 bridgehead atoms. The summed E-state index contributed by atoms with van der Waals surface area (Å²) in [6.07, 6.45) is 3.60. The van der Waals surface area contributed by atoms with E-state index in [9.17, 15) is 28.0 Å². The Morgan fingerprint density at radius 2 is 1.68 bits per heavy atom. The number of halogens is 2. The number of hydrogen-bond donors (Lipinski definition) is 3. The summed E-state index contributed by atoms with van der Waals surface area (Å²) in [6, 6.07) is 7.40. The maximum absolute atomic E-state index is 14.1. The van der Waals surface area contributed by atoms with Crippen LogP contribution in [0.4, 0.5) is 13.6 Å². The highest BCUT2D eigenvalue weighted by Gasteiger charge is 2.76. The summed E-state index contributed by atoms with van der Waals surface area (Å²) >= 11 is 0. The molecule has 1 aliphatic carbocycles. The van der Waals surface area contributed by atoms with Crippen LogP contribution in [0.1, 0.15) is 58.3 Å². The maximum atomic E-state index is 14.1. The Labute approximate surface area is 238 Å². The number of nitrogens with one attached hydrogen (secondary N) is 2. The number of carbonyl (C=O) groups is 4. The number of hydrogen-bond acceptors (Lipinski definition) is 7. The molecule has 1 fully saturated rings. The average molecular weight is 574 g/mol. The first-order valence-corrected chi connectivity index (χ1v) is 13.0. The second kappa shape index (κ2) is 13.9. The highest BCUT2D eigenvalue weighted by Crippen LogP contribution is 2.56. The van der Waals surface area contributed by atoms with Crippen molar-refractivity contribution in [3.05, 3.63) is 81.9 Å². The van der Waals surface area contributed by atoms with Crippen molar-refractivity contribution >= 4 is 23.8 Å². The number of alkyl halides is 2. The van der Waals surface area contributed by atoms with Gasteiger partial charge >= 0.3 is 12.1 Å². The van der Waals surface area contributed by atoms with Gasteiger partial charge in [-0.05, 0) is 69.4 Å². The number of amides is 2. The van der Waals surface area contributed by atoms with Gasteiger partial charge in [0, 0.05) is 11.4 Å². The lowest BCUT2D eigenvalue weighted by Crippen LogP contribution is -2.31. The van der Waals surface area contributed by atoms with Crippen molar-refractivity contribution in [2.24, 2.45) is 17.6 Å². The Hall–Kier alpha value is -4.28. The molecule has 0 heterocycles. The molecule has 0 spiro atoms. The fraction of sp³-hybridized carbons (Fsp3) is 0.400. The van der Waals surface area contributed by atoms with Gasteiger partial charge in [0.25, 0.3) is 5.92 Å². The van der Waals surface area contributed by atoms with E-state index in [4.69, 9.17) is 10.5 Å². The van der Waals surface area contributed by atoms with Gasteiger partial charge in [-0.1, -0.05) is 43.3 Å². The standard InChI is InChI=1S/C30H37F2N3O6/c1-8-11-17(3)22(34-27(37)23-24(28(38)40-7)30(23,31)32)15-14-18(4)26(36)25(19(5)33)35-29(39)41-20(6)21-13-10-9-12-16(21)2/h9-15,20,23-24H,8,33H2,1-7H3,(H,34,37)(H,35,39)/b17-11+,18-14+,22-15+,25-19+. The van der Waals surface area contributed by atoms with Crippen LogP contribution in [0.15, 0.2) is 70.7 Å². The summed E-state index contributed by atoms with van der Waals surface area (Å²) in [5.74, 6) is -10.1. The van der Waals surface area contributed by atoms with E-state index in [1.54, 1.807) is 19.9 Å². The van der Waals surface area contributed by atoms with Gasteiger partial charge in [-0.15, -0.1) is 0 Å². The first-order chi connectivity index (χ1) is 19.2. The molecule has 1 aromatic carbocycles. The van der Waals surface area contributed by atoms with Crippen molar-refractivity contribution in [2.45, 2.75) is 60.0 Å². The van der Waals surface area contributed by atoms with Gasteiger partial charge in [0.15, 0.2) is 0 Å². The monoisotopic (exact) mass is 573 g/mol. The highest BCUT2D eigenvalue weighted by atomic mass is 19.3. The molecule has 1 aliphatic rings. The number of methoxy groups -OCH3 is 1. The van der Waals surface area contributed by atoms with Crippen LogP contribution in [0.3, 0.4) is 0 Å².